The molecule has 2 nitrogen and oxygen atoms in total. The Morgan fingerprint density at radius 1 is 0.256 bits per heavy atom. The molecule has 0 fully saturated rings. The maximum absolute atomic E-state index is 6.68. The Bertz CT molecular complexity index is 4870. The molecule has 2 heteroatoms. The number of aryl methyl sites for hydroxylation is 1. The van der Waals surface area contributed by atoms with Crippen LogP contribution in [0.4, 0.5) is 0 Å². The Balaban J connectivity index is 0.985. The van der Waals surface area contributed by atoms with Gasteiger partial charge in [-0.25, -0.2) is 0 Å². The summed E-state index contributed by atoms with van der Waals surface area (Å²) in [6, 6.07) is 90.1. The highest BCUT2D eigenvalue weighted by Crippen LogP contribution is 2.54. The smallest absolute Gasteiger partial charge is 0.135 e. The molecule has 14 aromatic rings. The average Bonchev–Trinajstić information content (AvgIpc) is 3.40. The van der Waals surface area contributed by atoms with E-state index in [1.807, 2.05) is 0 Å². The standard InChI is InChI=1S/C76H50O2/c1-44(2)46-30-32-48(33-31-46)72-54-17-5-6-18-55(54)73(61-40-38-59-51-14-8-10-22-67(51)77-69-24-12-20-57(61)75(59)69)64-37-35-49(42-65(64)72)50-34-36-63-66(43-50)74(56-19-7-4-16-53(56)71(63)47-28-26-45(3)27-29-47)62-41-39-60-52-15-9-11-23-68(52)78-70-25-13-21-58(62)76(60)70/h4-44H,1-3H3. The van der Waals surface area contributed by atoms with Gasteiger partial charge in [0.15, 0.2) is 0 Å². The quantitative estimate of drug-likeness (QED) is 0.155. The van der Waals surface area contributed by atoms with Gasteiger partial charge >= 0.3 is 0 Å². The Kier molecular flexibility index (Phi) is 9.78. The van der Waals surface area contributed by atoms with Crippen LogP contribution in [0.25, 0.3) is 143 Å². The van der Waals surface area contributed by atoms with E-state index in [9.17, 15) is 0 Å². The second-order valence-electron chi connectivity index (χ2n) is 21.6. The molecule has 0 atom stereocenters. The zero-order chi connectivity index (χ0) is 51.8. The van der Waals surface area contributed by atoms with Crippen molar-refractivity contribution in [2.24, 2.45) is 0 Å². The zero-order valence-electron chi connectivity index (χ0n) is 43.5. The molecule has 366 valence electrons. The maximum atomic E-state index is 6.68. The number of para-hydroxylation sites is 2. The van der Waals surface area contributed by atoms with E-state index in [0.29, 0.717) is 5.92 Å². The topological polar surface area (TPSA) is 18.5 Å². The van der Waals surface area contributed by atoms with Gasteiger partial charge in [-0.1, -0.05) is 226 Å². The SMILES string of the molecule is Cc1ccc(-c2c3ccccc3c(-c3ccc4c5c(cccc35)Oc3ccccc3-4)c3cc(-c4ccc5c(-c6ccc7c8c(cccc68)Oc6ccccc6-7)c6ccccc6c(-c6ccc(C(C)C)cc6)c5c4)ccc23)cc1. The van der Waals surface area contributed by atoms with Gasteiger partial charge < -0.3 is 9.47 Å². The highest BCUT2D eigenvalue weighted by Gasteiger charge is 2.27. The lowest BCUT2D eigenvalue weighted by atomic mass is 9.81. The number of ether oxygens (including phenoxy) is 2. The molecular weight excluding hydrogens is 945 g/mol. The molecule has 0 bridgehead atoms. The van der Waals surface area contributed by atoms with Gasteiger partial charge in [0.1, 0.15) is 23.0 Å². The lowest BCUT2D eigenvalue weighted by molar-refractivity contribution is 0.487. The van der Waals surface area contributed by atoms with Crippen LogP contribution in [0.3, 0.4) is 0 Å². The fourth-order valence-corrected chi connectivity index (χ4v) is 13.3. The highest BCUT2D eigenvalue weighted by molar-refractivity contribution is 6.27. The van der Waals surface area contributed by atoms with Crippen LogP contribution >= 0.6 is 0 Å². The van der Waals surface area contributed by atoms with Gasteiger partial charge in [0.05, 0.1) is 0 Å². The highest BCUT2D eigenvalue weighted by atomic mass is 16.5. The predicted octanol–water partition coefficient (Wildman–Crippen LogP) is 21.9. The Morgan fingerprint density at radius 2 is 0.615 bits per heavy atom. The molecule has 0 saturated heterocycles. The van der Waals surface area contributed by atoms with Gasteiger partial charge in [0, 0.05) is 21.9 Å². The average molecular weight is 995 g/mol. The first kappa shape index (κ1) is 44.5. The molecule has 0 saturated carbocycles. The monoisotopic (exact) mass is 994 g/mol. The third kappa shape index (κ3) is 6.63. The Labute approximate surface area is 453 Å². The number of rotatable bonds is 6. The van der Waals surface area contributed by atoms with Crippen LogP contribution in [0.2, 0.25) is 0 Å². The molecular formula is C76H50O2. The lowest BCUT2D eigenvalue weighted by Crippen LogP contribution is -1.98. The Morgan fingerprint density at radius 3 is 1.13 bits per heavy atom. The van der Waals surface area contributed by atoms with Gasteiger partial charge in [0.25, 0.3) is 0 Å². The fourth-order valence-electron chi connectivity index (χ4n) is 13.3. The summed E-state index contributed by atoms with van der Waals surface area (Å²) in [6.45, 7) is 6.70. The van der Waals surface area contributed by atoms with E-state index >= 15 is 0 Å². The van der Waals surface area contributed by atoms with Crippen molar-refractivity contribution in [1.82, 2.24) is 0 Å². The molecule has 0 aromatic heterocycles. The van der Waals surface area contributed by atoms with Gasteiger partial charge in [-0.3, -0.25) is 0 Å². The summed E-state index contributed by atoms with van der Waals surface area (Å²) >= 11 is 0. The van der Waals surface area contributed by atoms with Crippen LogP contribution in [-0.4, -0.2) is 0 Å². The minimum Gasteiger partial charge on any atom is -0.456 e. The summed E-state index contributed by atoms with van der Waals surface area (Å²) in [6.07, 6.45) is 0. The van der Waals surface area contributed by atoms with Crippen LogP contribution in [0, 0.1) is 6.92 Å². The molecule has 0 radical (unpaired) electrons. The maximum Gasteiger partial charge on any atom is 0.135 e. The minimum atomic E-state index is 0.423. The second kappa shape index (κ2) is 17.1. The summed E-state index contributed by atoms with van der Waals surface area (Å²) < 4.78 is 13.3. The number of hydrogen-bond acceptors (Lipinski definition) is 2. The van der Waals surface area contributed by atoms with E-state index in [4.69, 9.17) is 9.47 Å². The first-order valence-corrected chi connectivity index (χ1v) is 27.2. The third-order valence-corrected chi connectivity index (χ3v) is 16.9. The van der Waals surface area contributed by atoms with Crippen LogP contribution in [0.5, 0.6) is 23.0 Å². The van der Waals surface area contributed by atoms with E-state index in [1.54, 1.807) is 0 Å². The molecule has 0 amide bonds. The van der Waals surface area contributed by atoms with Gasteiger partial charge in [0.2, 0.25) is 0 Å². The summed E-state index contributed by atoms with van der Waals surface area (Å²) in [5.41, 5.74) is 19.2. The minimum absolute atomic E-state index is 0.423. The van der Waals surface area contributed by atoms with Crippen molar-refractivity contribution in [3.8, 4) is 101 Å². The molecule has 0 N–H and O–H groups in total. The van der Waals surface area contributed by atoms with Crippen molar-refractivity contribution in [3.63, 3.8) is 0 Å². The first-order chi connectivity index (χ1) is 38.4. The number of fused-ring (bicyclic) bond motifs is 8. The second-order valence-corrected chi connectivity index (χ2v) is 21.6. The van der Waals surface area contributed by atoms with Crippen molar-refractivity contribution in [1.29, 1.82) is 0 Å². The number of benzene rings is 14. The molecule has 0 aliphatic carbocycles. The summed E-state index contributed by atoms with van der Waals surface area (Å²) in [5, 5.41) is 14.4. The van der Waals surface area contributed by atoms with E-state index in [0.717, 1.165) is 56.0 Å². The molecule has 16 rings (SSSR count). The molecule has 0 unspecified atom stereocenters. The van der Waals surface area contributed by atoms with E-state index in [2.05, 4.69) is 263 Å². The normalized spacial score (nSPS) is 12.4. The van der Waals surface area contributed by atoms with Crippen molar-refractivity contribution in [2.75, 3.05) is 0 Å². The molecule has 2 aliphatic heterocycles. The van der Waals surface area contributed by atoms with Gasteiger partial charge in [-0.05, 0) is 175 Å². The third-order valence-electron chi connectivity index (χ3n) is 16.9. The van der Waals surface area contributed by atoms with Crippen LogP contribution in [-0.2, 0) is 0 Å². The largest absolute Gasteiger partial charge is 0.456 e. The zero-order valence-corrected chi connectivity index (χ0v) is 43.5. The summed E-state index contributed by atoms with van der Waals surface area (Å²) in [7, 11) is 0. The molecule has 78 heavy (non-hydrogen) atoms. The molecule has 2 aliphatic rings. The molecule has 0 spiro atoms. The van der Waals surface area contributed by atoms with Crippen LogP contribution in [0.15, 0.2) is 243 Å². The lowest BCUT2D eigenvalue weighted by Gasteiger charge is -2.24. The number of hydrogen-bond donors (Lipinski definition) is 0. The Hall–Kier alpha value is -9.76. The van der Waals surface area contributed by atoms with Gasteiger partial charge in [-0.15, -0.1) is 0 Å². The van der Waals surface area contributed by atoms with Crippen molar-refractivity contribution < 1.29 is 9.47 Å². The van der Waals surface area contributed by atoms with Crippen molar-refractivity contribution in [3.05, 3.63) is 254 Å². The van der Waals surface area contributed by atoms with Crippen LogP contribution in [0.1, 0.15) is 30.9 Å². The predicted molar refractivity (Wildman–Crippen MR) is 329 cm³/mol. The van der Waals surface area contributed by atoms with Gasteiger partial charge in [-0.2, -0.15) is 0 Å². The van der Waals surface area contributed by atoms with Crippen LogP contribution < -0.4 is 9.47 Å². The van der Waals surface area contributed by atoms with Crippen molar-refractivity contribution >= 4 is 64.6 Å². The van der Waals surface area contributed by atoms with Crippen molar-refractivity contribution in [2.45, 2.75) is 26.7 Å². The fraction of sp³-hybridized carbons (Fsp3) is 0.0526. The van der Waals surface area contributed by atoms with E-state index in [1.165, 1.54) is 121 Å². The molecule has 2 heterocycles. The summed E-state index contributed by atoms with van der Waals surface area (Å²) in [4.78, 5) is 0. The van der Waals surface area contributed by atoms with E-state index < -0.39 is 0 Å². The first-order valence-electron chi connectivity index (χ1n) is 27.2. The summed E-state index contributed by atoms with van der Waals surface area (Å²) in [5.74, 6) is 3.98. The molecule has 14 aromatic carbocycles. The van der Waals surface area contributed by atoms with E-state index in [-0.39, 0.29) is 0 Å².